The molecule has 0 aliphatic heterocycles. The summed E-state index contributed by atoms with van der Waals surface area (Å²) in [5.41, 5.74) is 7.73. The summed E-state index contributed by atoms with van der Waals surface area (Å²) in [6.07, 6.45) is 11.9. The third-order valence-corrected chi connectivity index (χ3v) is 8.74. The normalized spacial score (nSPS) is 16.4. The van der Waals surface area contributed by atoms with Gasteiger partial charge in [0.2, 0.25) is 0 Å². The van der Waals surface area contributed by atoms with Gasteiger partial charge in [-0.2, -0.15) is 0 Å². The molecule has 0 unspecified atom stereocenters. The number of hydrogen-bond donors (Lipinski definition) is 0. The molecule has 5 aromatic carbocycles. The van der Waals surface area contributed by atoms with Crippen molar-refractivity contribution in [1.29, 1.82) is 0 Å². The molecule has 178 valence electrons. The Morgan fingerprint density at radius 1 is 0.486 bits per heavy atom. The average molecular weight is 493 g/mol. The van der Waals surface area contributed by atoms with Crippen molar-refractivity contribution in [2.45, 2.75) is 25.7 Å². The zero-order valence-corrected chi connectivity index (χ0v) is 21.6. The smallest absolute Gasteiger partial charge is 0.0355 e. The van der Waals surface area contributed by atoms with Gasteiger partial charge >= 0.3 is 0 Å². The molecule has 1 heteroatoms. The first-order chi connectivity index (χ1) is 18.3. The SMILES string of the molecule is C1=C\C(c2ccc(-c3ccc4cc(-c5ccc6sc7ccccc7c6c5)ccc4c3)cc2)=C/CCCC/1. The molecule has 1 heterocycles. The molecule has 0 saturated carbocycles. The quantitative estimate of drug-likeness (QED) is 0.230. The number of allylic oxidation sites excluding steroid dienone is 4. The monoisotopic (exact) mass is 492 g/mol. The Kier molecular flexibility index (Phi) is 5.72. The van der Waals surface area contributed by atoms with E-state index in [1.807, 2.05) is 11.3 Å². The van der Waals surface area contributed by atoms with Crippen LogP contribution in [0.5, 0.6) is 0 Å². The van der Waals surface area contributed by atoms with Crippen LogP contribution in [0.2, 0.25) is 0 Å². The highest BCUT2D eigenvalue weighted by Crippen LogP contribution is 2.37. The first kappa shape index (κ1) is 22.3. The predicted octanol–water partition coefficient (Wildman–Crippen LogP) is 11.1. The van der Waals surface area contributed by atoms with Crippen LogP contribution in [-0.2, 0) is 0 Å². The minimum atomic E-state index is 1.17. The Labute approximate surface area is 222 Å². The van der Waals surface area contributed by atoms with Gasteiger partial charge in [0.05, 0.1) is 0 Å². The first-order valence-corrected chi connectivity index (χ1v) is 14.1. The van der Waals surface area contributed by atoms with Crippen molar-refractivity contribution in [2.24, 2.45) is 0 Å². The fraction of sp³-hybridized carbons (Fsp3) is 0.111. The van der Waals surface area contributed by atoms with Crippen LogP contribution in [0.15, 0.2) is 121 Å². The van der Waals surface area contributed by atoms with E-state index in [9.17, 15) is 0 Å². The molecule has 1 aliphatic rings. The van der Waals surface area contributed by atoms with Gasteiger partial charge in [-0.1, -0.05) is 91.0 Å². The summed E-state index contributed by atoms with van der Waals surface area (Å²) < 4.78 is 2.70. The van der Waals surface area contributed by atoms with Crippen molar-refractivity contribution in [3.05, 3.63) is 127 Å². The van der Waals surface area contributed by atoms with Gasteiger partial charge < -0.3 is 0 Å². The molecule has 7 rings (SSSR count). The minimum Gasteiger partial charge on any atom is -0.135 e. The predicted molar refractivity (Wildman–Crippen MR) is 163 cm³/mol. The molecule has 0 bridgehead atoms. The van der Waals surface area contributed by atoms with Crippen LogP contribution in [0, 0.1) is 0 Å². The highest BCUT2D eigenvalue weighted by atomic mass is 32.1. The van der Waals surface area contributed by atoms with Crippen LogP contribution in [0.3, 0.4) is 0 Å². The summed E-state index contributed by atoms with van der Waals surface area (Å²) >= 11 is 1.87. The lowest BCUT2D eigenvalue weighted by Gasteiger charge is -2.10. The Hall–Kier alpha value is -3.94. The van der Waals surface area contributed by atoms with E-state index in [0.29, 0.717) is 0 Å². The van der Waals surface area contributed by atoms with Crippen molar-refractivity contribution in [3.8, 4) is 22.3 Å². The molecule has 37 heavy (non-hydrogen) atoms. The van der Waals surface area contributed by atoms with Crippen LogP contribution in [-0.4, -0.2) is 0 Å². The summed E-state index contributed by atoms with van der Waals surface area (Å²) in [5.74, 6) is 0. The van der Waals surface area contributed by atoms with Crippen LogP contribution in [0.1, 0.15) is 31.2 Å². The maximum atomic E-state index is 2.39. The van der Waals surface area contributed by atoms with Gasteiger partial charge in [-0.3, -0.25) is 0 Å². The number of thiophene rings is 1. The lowest BCUT2D eigenvalue weighted by atomic mass is 9.95. The van der Waals surface area contributed by atoms with Gasteiger partial charge in [-0.05, 0) is 100 Å². The second kappa shape index (κ2) is 9.50. The second-order valence-electron chi connectivity index (χ2n) is 10.0. The largest absolute Gasteiger partial charge is 0.135 e. The lowest BCUT2D eigenvalue weighted by molar-refractivity contribution is 0.759. The molecule has 0 fully saturated rings. The second-order valence-corrected chi connectivity index (χ2v) is 11.1. The molecule has 1 aliphatic carbocycles. The van der Waals surface area contributed by atoms with E-state index in [0.717, 1.165) is 0 Å². The third-order valence-electron chi connectivity index (χ3n) is 7.59. The third kappa shape index (κ3) is 4.30. The average Bonchev–Trinajstić information content (AvgIpc) is 3.30. The van der Waals surface area contributed by atoms with E-state index in [-0.39, 0.29) is 0 Å². The van der Waals surface area contributed by atoms with Gasteiger partial charge in [0.1, 0.15) is 0 Å². The Morgan fingerprint density at radius 3 is 1.95 bits per heavy atom. The zero-order valence-electron chi connectivity index (χ0n) is 20.8. The van der Waals surface area contributed by atoms with Crippen LogP contribution < -0.4 is 0 Å². The molecule has 0 spiro atoms. The Bertz CT molecular complexity index is 1810. The van der Waals surface area contributed by atoms with E-state index < -0.39 is 0 Å². The Morgan fingerprint density at radius 2 is 1.11 bits per heavy atom. The van der Waals surface area contributed by atoms with Crippen molar-refractivity contribution in [3.63, 3.8) is 0 Å². The van der Waals surface area contributed by atoms with E-state index in [1.54, 1.807) is 0 Å². The number of hydrogen-bond acceptors (Lipinski definition) is 1. The lowest BCUT2D eigenvalue weighted by Crippen LogP contribution is -1.86. The highest BCUT2D eigenvalue weighted by molar-refractivity contribution is 7.25. The molecular weight excluding hydrogens is 464 g/mol. The van der Waals surface area contributed by atoms with Gasteiger partial charge in [0.15, 0.2) is 0 Å². The van der Waals surface area contributed by atoms with E-state index in [2.05, 4.69) is 121 Å². The van der Waals surface area contributed by atoms with E-state index in [4.69, 9.17) is 0 Å². The van der Waals surface area contributed by atoms with Crippen LogP contribution >= 0.6 is 11.3 Å². The van der Waals surface area contributed by atoms with Gasteiger partial charge in [-0.15, -0.1) is 11.3 Å². The van der Waals surface area contributed by atoms with Gasteiger partial charge in [-0.25, -0.2) is 0 Å². The first-order valence-electron chi connectivity index (χ1n) is 13.2. The molecule has 1 aromatic heterocycles. The standard InChI is InChI=1S/C36H28S/c1-2-4-8-25(9-5-3-1)26-12-14-27(15-13-26)28-16-17-30-23-31(19-18-29(30)22-28)32-20-21-36-34(24-32)33-10-6-7-11-35(33)37-36/h4,6-24H,1-3,5H2/b8-4-,25-9+. The molecule has 6 aromatic rings. The zero-order chi connectivity index (χ0) is 24.6. The van der Waals surface area contributed by atoms with Crippen molar-refractivity contribution < 1.29 is 0 Å². The molecule has 0 amide bonds. The van der Waals surface area contributed by atoms with Crippen molar-refractivity contribution in [1.82, 2.24) is 0 Å². The van der Waals surface area contributed by atoms with Gasteiger partial charge in [0.25, 0.3) is 0 Å². The molecule has 0 radical (unpaired) electrons. The van der Waals surface area contributed by atoms with Crippen molar-refractivity contribution >= 4 is 47.9 Å². The van der Waals surface area contributed by atoms with Crippen molar-refractivity contribution in [2.75, 3.05) is 0 Å². The van der Waals surface area contributed by atoms with E-state index in [1.165, 1.54) is 90.0 Å². The van der Waals surface area contributed by atoms with Crippen LogP contribution in [0.4, 0.5) is 0 Å². The summed E-state index contributed by atoms with van der Waals surface area (Å²) in [6, 6.07) is 38.3. The Balaban J connectivity index is 1.19. The molecule has 0 saturated heterocycles. The summed E-state index contributed by atoms with van der Waals surface area (Å²) in [6.45, 7) is 0. The molecule has 0 N–H and O–H groups in total. The molecule has 0 atom stereocenters. The minimum absolute atomic E-state index is 1.17. The molecular formula is C36H28S. The number of benzene rings is 5. The van der Waals surface area contributed by atoms with Crippen LogP contribution in [0.25, 0.3) is 58.8 Å². The highest BCUT2D eigenvalue weighted by Gasteiger charge is 2.08. The fourth-order valence-corrected chi connectivity index (χ4v) is 6.61. The number of fused-ring (bicyclic) bond motifs is 4. The topological polar surface area (TPSA) is 0 Å². The van der Waals surface area contributed by atoms with Gasteiger partial charge in [0, 0.05) is 20.2 Å². The molecule has 0 nitrogen and oxygen atoms in total. The summed E-state index contributed by atoms with van der Waals surface area (Å²) in [4.78, 5) is 0. The maximum Gasteiger partial charge on any atom is 0.0355 e. The fourth-order valence-electron chi connectivity index (χ4n) is 5.52. The van der Waals surface area contributed by atoms with E-state index >= 15 is 0 Å². The summed E-state index contributed by atoms with van der Waals surface area (Å²) in [7, 11) is 0. The number of rotatable bonds is 3. The summed E-state index contributed by atoms with van der Waals surface area (Å²) in [5, 5.41) is 5.25. The maximum absolute atomic E-state index is 2.39.